The number of unbranched alkanes of at least 4 members (excludes halogenated alkanes) is 1. The summed E-state index contributed by atoms with van der Waals surface area (Å²) in [5.74, 6) is -0.717. The highest BCUT2D eigenvalue weighted by Gasteiger charge is 2.11. The number of ether oxygens (including phenoxy) is 2. The first-order valence-corrected chi connectivity index (χ1v) is 6.15. The molecule has 5 heteroatoms. The van der Waals surface area contributed by atoms with Crippen LogP contribution in [0.25, 0.3) is 0 Å². The van der Waals surface area contributed by atoms with Gasteiger partial charge in [0.2, 0.25) is 0 Å². The Morgan fingerprint density at radius 3 is 2.41 bits per heavy atom. The van der Waals surface area contributed by atoms with Gasteiger partial charge in [0.15, 0.2) is 6.61 Å². The largest absolute Gasteiger partial charge is 0.463 e. The molecule has 0 aliphatic carbocycles. The summed E-state index contributed by atoms with van der Waals surface area (Å²) >= 11 is 0. The van der Waals surface area contributed by atoms with Gasteiger partial charge >= 0.3 is 11.9 Å². The highest BCUT2D eigenvalue weighted by atomic mass is 16.6. The van der Waals surface area contributed by atoms with Crippen molar-refractivity contribution in [1.82, 2.24) is 0 Å². The summed E-state index contributed by atoms with van der Waals surface area (Å²) in [5, 5.41) is 0. The fourth-order valence-corrected chi connectivity index (χ4v) is 1.35. The molecule has 0 amide bonds. The average Bonchev–Trinajstić information content (AvgIpc) is 2.36. The number of hydrogen-bond acceptors (Lipinski definition) is 5. The van der Waals surface area contributed by atoms with E-state index in [9.17, 15) is 9.59 Å². The average molecular weight is 245 g/mol. The fraction of sp³-hybridized carbons (Fsp3) is 0.833. The number of carbonyl (C=O) groups excluding carboxylic acids is 2. The summed E-state index contributed by atoms with van der Waals surface area (Å²) in [6.07, 6.45) is 4.31. The van der Waals surface area contributed by atoms with Gasteiger partial charge < -0.3 is 15.2 Å². The third-order valence-electron chi connectivity index (χ3n) is 2.54. The summed E-state index contributed by atoms with van der Waals surface area (Å²) in [6, 6.07) is 0. The van der Waals surface area contributed by atoms with Crippen molar-refractivity contribution in [2.75, 3.05) is 19.8 Å². The van der Waals surface area contributed by atoms with Gasteiger partial charge in [-0.3, -0.25) is 4.79 Å². The first-order chi connectivity index (χ1) is 8.13. The molecule has 5 nitrogen and oxygen atoms in total. The zero-order chi connectivity index (χ0) is 13.1. The van der Waals surface area contributed by atoms with E-state index in [0.29, 0.717) is 12.5 Å². The van der Waals surface area contributed by atoms with E-state index < -0.39 is 11.9 Å². The van der Waals surface area contributed by atoms with Gasteiger partial charge in [0.05, 0.1) is 13.2 Å². The molecule has 1 unspecified atom stereocenters. The van der Waals surface area contributed by atoms with Crippen LogP contribution < -0.4 is 5.73 Å². The minimum Gasteiger partial charge on any atom is -0.463 e. The smallest absolute Gasteiger partial charge is 0.344 e. The molecule has 0 aromatic rings. The molecule has 0 aromatic heterocycles. The van der Waals surface area contributed by atoms with E-state index in [2.05, 4.69) is 18.6 Å². The Balaban J connectivity index is 3.69. The molecule has 0 rings (SSSR count). The second-order valence-corrected chi connectivity index (χ2v) is 3.96. The van der Waals surface area contributed by atoms with E-state index in [-0.39, 0.29) is 13.2 Å². The Morgan fingerprint density at radius 2 is 1.88 bits per heavy atom. The van der Waals surface area contributed by atoms with Gasteiger partial charge in [-0.05, 0) is 12.3 Å². The minimum atomic E-state index is -0.597. The quantitative estimate of drug-likeness (QED) is 0.618. The molecular weight excluding hydrogens is 222 g/mol. The van der Waals surface area contributed by atoms with E-state index in [1.807, 2.05) is 0 Å². The van der Waals surface area contributed by atoms with Gasteiger partial charge in [-0.1, -0.05) is 33.1 Å². The number of carbonyl (C=O) groups is 2. The Labute approximate surface area is 103 Å². The number of hydrogen-bond donors (Lipinski definition) is 1. The molecule has 0 aliphatic heterocycles. The summed E-state index contributed by atoms with van der Waals surface area (Å²) in [6.45, 7) is 4.03. The molecule has 0 aliphatic rings. The van der Waals surface area contributed by atoms with Crippen LogP contribution in [-0.4, -0.2) is 31.7 Å². The Hall–Kier alpha value is -1.10. The van der Waals surface area contributed by atoms with Crippen molar-refractivity contribution in [3.05, 3.63) is 0 Å². The Kier molecular flexibility index (Phi) is 9.43. The van der Waals surface area contributed by atoms with Crippen molar-refractivity contribution >= 4 is 11.9 Å². The summed E-state index contributed by atoms with van der Waals surface area (Å²) in [7, 11) is 0. The molecule has 100 valence electrons. The SMILES string of the molecule is CCCCC(CC)COC(=O)COC(=O)CN. The van der Waals surface area contributed by atoms with Crippen LogP contribution in [0.1, 0.15) is 39.5 Å². The molecule has 2 N–H and O–H groups in total. The highest BCUT2D eigenvalue weighted by molar-refractivity contribution is 5.77. The van der Waals surface area contributed by atoms with Gasteiger partial charge in [-0.25, -0.2) is 4.79 Å². The molecule has 1 atom stereocenters. The van der Waals surface area contributed by atoms with Gasteiger partial charge in [0.1, 0.15) is 0 Å². The van der Waals surface area contributed by atoms with E-state index in [4.69, 9.17) is 10.5 Å². The lowest BCUT2D eigenvalue weighted by molar-refractivity contribution is -0.158. The second-order valence-electron chi connectivity index (χ2n) is 3.96. The van der Waals surface area contributed by atoms with Crippen LogP contribution in [-0.2, 0) is 19.1 Å². The topological polar surface area (TPSA) is 78.6 Å². The predicted octanol–water partition coefficient (Wildman–Crippen LogP) is 1.25. The van der Waals surface area contributed by atoms with Crippen molar-refractivity contribution in [2.45, 2.75) is 39.5 Å². The van der Waals surface area contributed by atoms with Crippen molar-refractivity contribution in [1.29, 1.82) is 0 Å². The normalized spacial score (nSPS) is 11.9. The monoisotopic (exact) mass is 245 g/mol. The number of rotatable bonds is 9. The maximum absolute atomic E-state index is 11.2. The van der Waals surface area contributed by atoms with Crippen LogP contribution in [0.2, 0.25) is 0 Å². The zero-order valence-corrected chi connectivity index (χ0v) is 10.7. The first kappa shape index (κ1) is 15.9. The fourth-order valence-electron chi connectivity index (χ4n) is 1.35. The van der Waals surface area contributed by atoms with Crippen molar-refractivity contribution in [3.8, 4) is 0 Å². The Morgan fingerprint density at radius 1 is 1.18 bits per heavy atom. The summed E-state index contributed by atoms with van der Waals surface area (Å²) in [5.41, 5.74) is 5.03. The van der Waals surface area contributed by atoms with Crippen LogP contribution in [0, 0.1) is 5.92 Å². The Bertz CT molecular complexity index is 231. The second kappa shape index (κ2) is 10.1. The van der Waals surface area contributed by atoms with E-state index >= 15 is 0 Å². The number of nitrogens with two attached hydrogens (primary N) is 1. The molecule has 0 aromatic carbocycles. The van der Waals surface area contributed by atoms with Gasteiger partial charge in [-0.15, -0.1) is 0 Å². The van der Waals surface area contributed by atoms with Crippen LogP contribution in [0.4, 0.5) is 0 Å². The maximum Gasteiger partial charge on any atom is 0.344 e. The van der Waals surface area contributed by atoms with Gasteiger partial charge in [0.25, 0.3) is 0 Å². The number of esters is 2. The molecule has 0 fully saturated rings. The van der Waals surface area contributed by atoms with Gasteiger partial charge in [-0.2, -0.15) is 0 Å². The van der Waals surface area contributed by atoms with E-state index in [1.165, 1.54) is 0 Å². The lowest BCUT2D eigenvalue weighted by Crippen LogP contribution is -2.23. The predicted molar refractivity (Wildman–Crippen MR) is 64.3 cm³/mol. The molecule has 0 bridgehead atoms. The van der Waals surface area contributed by atoms with Crippen molar-refractivity contribution in [2.24, 2.45) is 11.7 Å². The minimum absolute atomic E-state index is 0.221. The molecule has 0 saturated heterocycles. The van der Waals surface area contributed by atoms with Crippen molar-refractivity contribution < 1.29 is 19.1 Å². The molecule has 0 spiro atoms. The molecule has 0 radical (unpaired) electrons. The van der Waals surface area contributed by atoms with Crippen LogP contribution in [0.5, 0.6) is 0 Å². The van der Waals surface area contributed by atoms with Crippen LogP contribution in [0.3, 0.4) is 0 Å². The van der Waals surface area contributed by atoms with E-state index in [1.54, 1.807) is 0 Å². The lowest BCUT2D eigenvalue weighted by atomic mass is 10.0. The maximum atomic E-state index is 11.2. The van der Waals surface area contributed by atoms with Crippen molar-refractivity contribution in [3.63, 3.8) is 0 Å². The van der Waals surface area contributed by atoms with Gasteiger partial charge in [0, 0.05) is 0 Å². The third kappa shape index (κ3) is 8.68. The first-order valence-electron chi connectivity index (χ1n) is 6.15. The zero-order valence-electron chi connectivity index (χ0n) is 10.7. The molecule has 0 saturated carbocycles. The molecule has 17 heavy (non-hydrogen) atoms. The summed E-state index contributed by atoms with van der Waals surface area (Å²) < 4.78 is 9.59. The van der Waals surface area contributed by atoms with E-state index in [0.717, 1.165) is 25.7 Å². The molecular formula is C12H23NO4. The van der Waals surface area contributed by atoms with Crippen LogP contribution >= 0.6 is 0 Å². The highest BCUT2D eigenvalue weighted by Crippen LogP contribution is 2.12. The standard InChI is InChI=1S/C12H23NO4/c1-3-5-6-10(4-2)8-16-12(15)9-17-11(14)7-13/h10H,3-9,13H2,1-2H3. The summed E-state index contributed by atoms with van der Waals surface area (Å²) in [4.78, 5) is 21.9. The third-order valence-corrected chi connectivity index (χ3v) is 2.54. The lowest BCUT2D eigenvalue weighted by Gasteiger charge is -2.14. The molecule has 0 heterocycles. The van der Waals surface area contributed by atoms with Crippen LogP contribution in [0.15, 0.2) is 0 Å².